The smallest absolute Gasteiger partial charge is 0.230 e. The van der Waals surface area contributed by atoms with Crippen LogP contribution in [0.1, 0.15) is 50.1 Å². The maximum absolute atomic E-state index is 12.1. The highest BCUT2D eigenvalue weighted by Crippen LogP contribution is 2.39. The first-order valence-electron chi connectivity index (χ1n) is 6.69. The van der Waals surface area contributed by atoms with Crippen molar-refractivity contribution in [3.63, 3.8) is 0 Å². The van der Waals surface area contributed by atoms with Gasteiger partial charge < -0.3 is 5.32 Å². The zero-order valence-electron chi connectivity index (χ0n) is 12.0. The molecule has 1 aliphatic carbocycles. The van der Waals surface area contributed by atoms with Crippen LogP contribution in [0, 0.1) is 22.7 Å². The minimum atomic E-state index is -0.440. The summed E-state index contributed by atoms with van der Waals surface area (Å²) in [4.78, 5) is 13.3. The number of nitriles is 1. The second kappa shape index (κ2) is 4.97. The van der Waals surface area contributed by atoms with Gasteiger partial charge in [-0.05, 0) is 30.7 Å². The Labute approximate surface area is 118 Å². The summed E-state index contributed by atoms with van der Waals surface area (Å²) in [5.74, 6) is 0.638. The highest BCUT2D eigenvalue weighted by molar-refractivity contribution is 7.16. The van der Waals surface area contributed by atoms with Gasteiger partial charge in [-0.2, -0.15) is 5.26 Å². The average Bonchev–Trinajstić information content (AvgIpc) is 2.63. The van der Waals surface area contributed by atoms with Gasteiger partial charge in [0.15, 0.2) is 0 Å². The molecule has 1 amide bonds. The third-order valence-electron chi connectivity index (χ3n) is 3.53. The van der Waals surface area contributed by atoms with Crippen molar-refractivity contribution >= 4 is 22.2 Å². The molecule has 0 spiro atoms. The lowest BCUT2D eigenvalue weighted by Gasteiger charge is -2.17. The van der Waals surface area contributed by atoms with E-state index in [0.717, 1.165) is 29.8 Å². The summed E-state index contributed by atoms with van der Waals surface area (Å²) in [6.45, 7) is 7.88. The van der Waals surface area contributed by atoms with Gasteiger partial charge in [-0.15, -0.1) is 11.3 Å². The molecule has 1 aromatic heterocycles. The zero-order chi connectivity index (χ0) is 14.2. The Morgan fingerprint density at radius 1 is 1.47 bits per heavy atom. The molecular formula is C15H20N2OS. The number of amides is 1. The second-order valence-corrected chi connectivity index (χ2v) is 7.48. The lowest BCUT2D eigenvalue weighted by Crippen LogP contribution is -2.27. The molecule has 1 aliphatic rings. The maximum Gasteiger partial charge on any atom is 0.230 e. The minimum Gasteiger partial charge on any atom is -0.316 e. The SMILES string of the molecule is C[C@H]1CCc2c(sc(NC(=O)C(C)(C)C)c2C#N)C1. The van der Waals surface area contributed by atoms with Gasteiger partial charge in [-0.25, -0.2) is 0 Å². The summed E-state index contributed by atoms with van der Waals surface area (Å²) in [6, 6.07) is 2.27. The maximum atomic E-state index is 12.1. The fourth-order valence-corrected chi connectivity index (χ4v) is 3.60. The van der Waals surface area contributed by atoms with Crippen molar-refractivity contribution in [1.82, 2.24) is 0 Å². The molecule has 0 radical (unpaired) electrons. The molecule has 0 saturated carbocycles. The topological polar surface area (TPSA) is 52.9 Å². The predicted octanol–water partition coefficient (Wildman–Crippen LogP) is 3.73. The first kappa shape index (κ1) is 14.1. The number of hydrogen-bond donors (Lipinski definition) is 1. The molecule has 1 heterocycles. The van der Waals surface area contributed by atoms with Crippen LogP contribution in [-0.2, 0) is 17.6 Å². The lowest BCUT2D eigenvalue weighted by molar-refractivity contribution is -0.123. The van der Waals surface area contributed by atoms with Crippen molar-refractivity contribution in [1.29, 1.82) is 5.26 Å². The summed E-state index contributed by atoms with van der Waals surface area (Å²) < 4.78 is 0. The van der Waals surface area contributed by atoms with Crippen LogP contribution in [0.4, 0.5) is 5.00 Å². The number of rotatable bonds is 1. The molecule has 1 aromatic rings. The Bertz CT molecular complexity index is 546. The van der Waals surface area contributed by atoms with E-state index in [-0.39, 0.29) is 5.91 Å². The number of fused-ring (bicyclic) bond motifs is 1. The van der Waals surface area contributed by atoms with E-state index < -0.39 is 5.41 Å². The molecule has 19 heavy (non-hydrogen) atoms. The Kier molecular flexibility index (Phi) is 3.69. The monoisotopic (exact) mass is 276 g/mol. The van der Waals surface area contributed by atoms with E-state index in [1.807, 2.05) is 20.8 Å². The molecule has 0 aromatic carbocycles. The first-order chi connectivity index (χ1) is 8.82. The summed E-state index contributed by atoms with van der Waals surface area (Å²) in [5.41, 5.74) is 1.41. The van der Waals surface area contributed by atoms with Crippen LogP contribution in [0.2, 0.25) is 0 Å². The van der Waals surface area contributed by atoms with Gasteiger partial charge in [0, 0.05) is 10.3 Å². The molecule has 102 valence electrons. The fourth-order valence-electron chi connectivity index (χ4n) is 2.25. The second-order valence-electron chi connectivity index (χ2n) is 6.37. The van der Waals surface area contributed by atoms with Crippen LogP contribution >= 0.6 is 11.3 Å². The van der Waals surface area contributed by atoms with Crippen LogP contribution in [-0.4, -0.2) is 5.91 Å². The number of nitrogens with zero attached hydrogens (tertiary/aromatic N) is 1. The molecule has 0 bridgehead atoms. The van der Waals surface area contributed by atoms with Gasteiger partial charge in [-0.3, -0.25) is 4.79 Å². The van der Waals surface area contributed by atoms with Gasteiger partial charge >= 0.3 is 0 Å². The van der Waals surface area contributed by atoms with Crippen molar-refractivity contribution < 1.29 is 4.79 Å². The molecule has 0 fully saturated rings. The molecule has 1 N–H and O–H groups in total. The van der Waals surface area contributed by atoms with E-state index in [2.05, 4.69) is 18.3 Å². The molecular weight excluding hydrogens is 256 g/mol. The average molecular weight is 276 g/mol. The van der Waals surface area contributed by atoms with Crippen LogP contribution in [0.5, 0.6) is 0 Å². The largest absolute Gasteiger partial charge is 0.316 e. The van der Waals surface area contributed by atoms with E-state index >= 15 is 0 Å². The minimum absolute atomic E-state index is 0.0318. The number of nitrogens with one attached hydrogen (secondary N) is 1. The quantitative estimate of drug-likeness (QED) is 0.849. The van der Waals surface area contributed by atoms with Crippen LogP contribution in [0.15, 0.2) is 0 Å². The summed E-state index contributed by atoms with van der Waals surface area (Å²) in [7, 11) is 0. The first-order valence-corrected chi connectivity index (χ1v) is 7.50. The number of anilines is 1. The van der Waals surface area contributed by atoms with E-state index in [0.29, 0.717) is 11.5 Å². The van der Waals surface area contributed by atoms with Gasteiger partial charge in [0.1, 0.15) is 11.1 Å². The van der Waals surface area contributed by atoms with E-state index in [4.69, 9.17) is 0 Å². The molecule has 3 nitrogen and oxygen atoms in total. The molecule has 0 unspecified atom stereocenters. The van der Waals surface area contributed by atoms with Crippen LogP contribution in [0.25, 0.3) is 0 Å². The van der Waals surface area contributed by atoms with Gasteiger partial charge in [0.2, 0.25) is 5.91 Å². The Hall–Kier alpha value is -1.34. The highest BCUT2D eigenvalue weighted by Gasteiger charge is 2.27. The third-order valence-corrected chi connectivity index (χ3v) is 4.70. The number of carbonyl (C=O) groups excluding carboxylic acids is 1. The lowest BCUT2D eigenvalue weighted by atomic mass is 9.88. The van der Waals surface area contributed by atoms with Gasteiger partial charge in [0.05, 0.1) is 5.56 Å². The molecule has 0 saturated heterocycles. The molecule has 2 rings (SSSR count). The fraction of sp³-hybridized carbons (Fsp3) is 0.600. The van der Waals surface area contributed by atoms with Gasteiger partial charge in [0.25, 0.3) is 0 Å². The Balaban J connectivity index is 2.33. The van der Waals surface area contributed by atoms with Crippen molar-refractivity contribution in [2.24, 2.45) is 11.3 Å². The third kappa shape index (κ3) is 2.82. The number of thiophene rings is 1. The summed E-state index contributed by atoms with van der Waals surface area (Å²) >= 11 is 1.58. The normalized spacial score (nSPS) is 18.6. The van der Waals surface area contributed by atoms with E-state index in [1.54, 1.807) is 11.3 Å². The van der Waals surface area contributed by atoms with Crippen molar-refractivity contribution in [2.75, 3.05) is 5.32 Å². The predicted molar refractivity (Wildman–Crippen MR) is 78.3 cm³/mol. The number of hydrogen-bond acceptors (Lipinski definition) is 3. The molecule has 4 heteroatoms. The highest BCUT2D eigenvalue weighted by atomic mass is 32.1. The summed E-state index contributed by atoms with van der Waals surface area (Å²) in [5, 5.41) is 13.0. The van der Waals surface area contributed by atoms with Crippen molar-refractivity contribution in [3.05, 3.63) is 16.0 Å². The molecule has 0 aliphatic heterocycles. The Morgan fingerprint density at radius 3 is 2.74 bits per heavy atom. The summed E-state index contributed by atoms with van der Waals surface area (Å²) in [6.07, 6.45) is 3.12. The molecule has 1 atom stereocenters. The van der Waals surface area contributed by atoms with Crippen LogP contribution < -0.4 is 5.32 Å². The van der Waals surface area contributed by atoms with Crippen LogP contribution in [0.3, 0.4) is 0 Å². The van der Waals surface area contributed by atoms with Crippen molar-refractivity contribution in [2.45, 2.75) is 47.0 Å². The van der Waals surface area contributed by atoms with Crippen molar-refractivity contribution in [3.8, 4) is 6.07 Å². The standard InChI is InChI=1S/C15H20N2OS/c1-9-5-6-10-11(8-16)13(19-12(10)7-9)17-14(18)15(2,3)4/h9H,5-7H2,1-4H3,(H,17,18)/t9-/m0/s1. The Morgan fingerprint density at radius 2 is 2.16 bits per heavy atom. The van der Waals surface area contributed by atoms with Gasteiger partial charge in [-0.1, -0.05) is 27.7 Å². The van der Waals surface area contributed by atoms with E-state index in [9.17, 15) is 10.1 Å². The zero-order valence-corrected chi connectivity index (χ0v) is 12.8. The van der Waals surface area contributed by atoms with E-state index in [1.165, 1.54) is 4.88 Å². The number of carbonyl (C=O) groups is 1.